The maximum atomic E-state index is 5.15. The van der Waals surface area contributed by atoms with E-state index in [4.69, 9.17) is 4.74 Å². The number of ether oxygens (including phenoxy) is 1. The van der Waals surface area contributed by atoms with Crippen LogP contribution < -0.4 is 10.1 Å². The molecule has 0 aromatic heterocycles. The van der Waals surface area contributed by atoms with E-state index in [1.807, 2.05) is 24.3 Å². The van der Waals surface area contributed by atoms with Crippen LogP contribution in [-0.4, -0.2) is 7.11 Å². The summed E-state index contributed by atoms with van der Waals surface area (Å²) in [6, 6.07) is 8.01. The molecule has 114 valence electrons. The summed E-state index contributed by atoms with van der Waals surface area (Å²) in [5, 5.41) is 3.26. The van der Waals surface area contributed by atoms with Gasteiger partial charge in [0.05, 0.1) is 7.11 Å². The third-order valence-electron chi connectivity index (χ3n) is 3.49. The Bertz CT molecular complexity index is 530. The molecule has 0 fully saturated rings. The average molecular weight is 285 g/mol. The molecule has 21 heavy (non-hydrogen) atoms. The molecular weight excluding hydrogens is 258 g/mol. The summed E-state index contributed by atoms with van der Waals surface area (Å²) in [5.41, 5.74) is 4.45. The molecule has 0 aliphatic carbocycles. The van der Waals surface area contributed by atoms with Crippen LogP contribution in [0, 0.1) is 5.41 Å². The van der Waals surface area contributed by atoms with Crippen molar-refractivity contribution in [2.75, 3.05) is 7.11 Å². The van der Waals surface area contributed by atoms with Gasteiger partial charge in [-0.2, -0.15) is 0 Å². The Morgan fingerprint density at radius 2 is 1.76 bits per heavy atom. The van der Waals surface area contributed by atoms with Crippen LogP contribution in [0.1, 0.15) is 33.3 Å². The van der Waals surface area contributed by atoms with Gasteiger partial charge in [-0.05, 0) is 36.1 Å². The van der Waals surface area contributed by atoms with Gasteiger partial charge >= 0.3 is 0 Å². The van der Waals surface area contributed by atoms with E-state index < -0.39 is 0 Å². The van der Waals surface area contributed by atoms with Crippen molar-refractivity contribution in [1.29, 1.82) is 0 Å². The van der Waals surface area contributed by atoms with Crippen LogP contribution in [-0.2, 0) is 6.42 Å². The fourth-order valence-electron chi connectivity index (χ4n) is 1.77. The quantitative estimate of drug-likeness (QED) is 0.755. The van der Waals surface area contributed by atoms with E-state index >= 15 is 0 Å². The Labute approximate surface area is 129 Å². The van der Waals surface area contributed by atoms with Gasteiger partial charge < -0.3 is 10.1 Å². The molecule has 2 heteroatoms. The lowest BCUT2D eigenvalue weighted by Gasteiger charge is -2.20. The molecular formula is C19H27NO. The summed E-state index contributed by atoms with van der Waals surface area (Å²) in [5.74, 6) is 0.866. The fraction of sp³-hybridized carbons (Fsp3) is 0.368. The SMILES string of the molecule is C=C(/C=C(\C)C(C)(C)C)NC(=C)Cc1ccc(OC)cc1. The van der Waals surface area contributed by atoms with Crippen LogP contribution in [0.4, 0.5) is 0 Å². The molecule has 0 bridgehead atoms. The highest BCUT2D eigenvalue weighted by Gasteiger charge is 2.12. The summed E-state index contributed by atoms with van der Waals surface area (Å²) in [6.07, 6.45) is 2.85. The van der Waals surface area contributed by atoms with Gasteiger partial charge in [-0.25, -0.2) is 0 Å². The molecule has 0 atom stereocenters. The third kappa shape index (κ3) is 5.90. The van der Waals surface area contributed by atoms with Crippen LogP contribution in [0.3, 0.4) is 0 Å². The van der Waals surface area contributed by atoms with Gasteiger partial charge in [0.15, 0.2) is 0 Å². The van der Waals surface area contributed by atoms with E-state index in [0.717, 1.165) is 23.6 Å². The standard InChI is InChI=1S/C19H27NO/c1-14(19(4,5)6)12-15(2)20-16(3)13-17-8-10-18(21-7)11-9-17/h8-12,20H,2-3,13H2,1,4-7H3/b14-12+. The zero-order valence-electron chi connectivity index (χ0n) is 13.9. The van der Waals surface area contributed by atoms with Gasteiger partial charge in [-0.15, -0.1) is 0 Å². The van der Waals surface area contributed by atoms with Crippen LogP contribution in [0.5, 0.6) is 5.75 Å². The summed E-state index contributed by atoms with van der Waals surface area (Å²) < 4.78 is 5.15. The Hall–Kier alpha value is -1.96. The average Bonchev–Trinajstić information content (AvgIpc) is 2.38. The van der Waals surface area contributed by atoms with Gasteiger partial charge in [0.2, 0.25) is 0 Å². The molecule has 0 aliphatic rings. The van der Waals surface area contributed by atoms with E-state index in [1.165, 1.54) is 11.1 Å². The van der Waals surface area contributed by atoms with E-state index in [1.54, 1.807) is 7.11 Å². The second kappa shape index (κ2) is 7.16. The van der Waals surface area contributed by atoms with E-state index in [9.17, 15) is 0 Å². The predicted molar refractivity (Wildman–Crippen MR) is 91.3 cm³/mol. The lowest BCUT2D eigenvalue weighted by molar-refractivity contribution is 0.414. The smallest absolute Gasteiger partial charge is 0.118 e. The maximum Gasteiger partial charge on any atom is 0.118 e. The van der Waals surface area contributed by atoms with Crippen molar-refractivity contribution in [2.45, 2.75) is 34.1 Å². The van der Waals surface area contributed by atoms with Crippen LogP contribution in [0.25, 0.3) is 0 Å². The van der Waals surface area contributed by atoms with Crippen LogP contribution in [0.15, 0.2) is 60.5 Å². The molecule has 0 radical (unpaired) electrons. The molecule has 0 heterocycles. The first-order chi connectivity index (χ1) is 9.72. The van der Waals surface area contributed by atoms with Crippen molar-refractivity contribution in [2.24, 2.45) is 5.41 Å². The largest absolute Gasteiger partial charge is 0.497 e. The zero-order chi connectivity index (χ0) is 16.0. The molecule has 2 nitrogen and oxygen atoms in total. The van der Waals surface area contributed by atoms with Gasteiger partial charge in [0.25, 0.3) is 0 Å². The van der Waals surface area contributed by atoms with Gasteiger partial charge in [-0.3, -0.25) is 0 Å². The highest BCUT2D eigenvalue weighted by Crippen LogP contribution is 2.25. The summed E-state index contributed by atoms with van der Waals surface area (Å²) in [6.45, 7) is 16.8. The number of allylic oxidation sites excluding steroid dienone is 3. The lowest BCUT2D eigenvalue weighted by atomic mass is 9.87. The Kier molecular flexibility index (Phi) is 5.83. The molecule has 0 unspecified atom stereocenters. The maximum absolute atomic E-state index is 5.15. The first-order valence-corrected chi connectivity index (χ1v) is 7.18. The fourth-order valence-corrected chi connectivity index (χ4v) is 1.77. The topological polar surface area (TPSA) is 21.3 Å². The number of benzene rings is 1. The van der Waals surface area contributed by atoms with Crippen molar-refractivity contribution in [3.63, 3.8) is 0 Å². The molecule has 0 spiro atoms. The predicted octanol–water partition coefficient (Wildman–Crippen LogP) is 4.85. The number of hydrogen-bond acceptors (Lipinski definition) is 2. The first-order valence-electron chi connectivity index (χ1n) is 7.18. The molecule has 0 saturated carbocycles. The summed E-state index contributed by atoms with van der Waals surface area (Å²) in [7, 11) is 1.67. The second-order valence-corrected chi connectivity index (χ2v) is 6.36. The first kappa shape index (κ1) is 17.1. The minimum atomic E-state index is 0.155. The molecule has 1 N–H and O–H groups in total. The molecule has 1 aromatic carbocycles. The van der Waals surface area contributed by atoms with E-state index in [0.29, 0.717) is 0 Å². The number of hydrogen-bond donors (Lipinski definition) is 1. The Morgan fingerprint density at radius 1 is 1.19 bits per heavy atom. The van der Waals surface area contributed by atoms with Gasteiger partial charge in [0, 0.05) is 17.8 Å². The highest BCUT2D eigenvalue weighted by molar-refractivity contribution is 5.31. The molecule has 1 rings (SSSR count). The molecule has 0 aliphatic heterocycles. The molecule has 0 saturated heterocycles. The van der Waals surface area contributed by atoms with Crippen LogP contribution in [0.2, 0.25) is 0 Å². The van der Waals surface area contributed by atoms with Gasteiger partial charge in [-0.1, -0.05) is 51.6 Å². The molecule has 0 amide bonds. The highest BCUT2D eigenvalue weighted by atomic mass is 16.5. The Balaban J connectivity index is 2.59. The minimum absolute atomic E-state index is 0.155. The third-order valence-corrected chi connectivity index (χ3v) is 3.49. The monoisotopic (exact) mass is 285 g/mol. The van der Waals surface area contributed by atoms with E-state index in [2.05, 4.69) is 52.2 Å². The lowest BCUT2D eigenvalue weighted by Crippen LogP contribution is -2.14. The van der Waals surface area contributed by atoms with Crippen molar-refractivity contribution >= 4 is 0 Å². The van der Waals surface area contributed by atoms with Crippen molar-refractivity contribution in [1.82, 2.24) is 5.32 Å². The summed E-state index contributed by atoms with van der Waals surface area (Å²) in [4.78, 5) is 0. The minimum Gasteiger partial charge on any atom is -0.497 e. The summed E-state index contributed by atoms with van der Waals surface area (Å²) >= 11 is 0. The Morgan fingerprint density at radius 3 is 2.24 bits per heavy atom. The van der Waals surface area contributed by atoms with Gasteiger partial charge in [0.1, 0.15) is 5.75 Å². The zero-order valence-corrected chi connectivity index (χ0v) is 13.9. The molecule has 1 aromatic rings. The number of nitrogens with one attached hydrogen (secondary N) is 1. The van der Waals surface area contributed by atoms with Crippen molar-refractivity contribution < 1.29 is 4.74 Å². The van der Waals surface area contributed by atoms with Crippen LogP contribution >= 0.6 is 0 Å². The van der Waals surface area contributed by atoms with Crippen molar-refractivity contribution in [3.8, 4) is 5.75 Å². The van der Waals surface area contributed by atoms with E-state index in [-0.39, 0.29) is 5.41 Å². The normalized spacial score (nSPS) is 12.0. The van der Waals surface area contributed by atoms with Crippen molar-refractivity contribution in [3.05, 3.63) is 66.0 Å². The second-order valence-electron chi connectivity index (χ2n) is 6.36. The number of rotatable bonds is 6. The number of methoxy groups -OCH3 is 1.